The average Bonchev–Trinajstić information content (AvgIpc) is 3.82. The number of fused-ring (bicyclic) bond motifs is 6. The number of thiophene rings is 2. The van der Waals surface area contributed by atoms with Crippen molar-refractivity contribution in [3.63, 3.8) is 0 Å². The van der Waals surface area contributed by atoms with Crippen molar-refractivity contribution >= 4 is 63.0 Å². The number of hydrogen-bond donors (Lipinski definition) is 0. The molecule has 0 spiro atoms. The Kier molecular flexibility index (Phi) is 6.42. The molecule has 47 heavy (non-hydrogen) atoms. The van der Waals surface area contributed by atoms with Gasteiger partial charge in [0.25, 0.3) is 0 Å². The van der Waals surface area contributed by atoms with Gasteiger partial charge < -0.3 is 0 Å². The Morgan fingerprint density at radius 1 is 0.511 bits per heavy atom. The molecule has 0 bridgehead atoms. The van der Waals surface area contributed by atoms with Crippen LogP contribution in [0, 0.1) is 0 Å². The summed E-state index contributed by atoms with van der Waals surface area (Å²) in [6.45, 7) is 2.59. The van der Waals surface area contributed by atoms with Crippen molar-refractivity contribution in [1.29, 1.82) is 0 Å². The third-order valence-corrected chi connectivity index (χ3v) is 10.8. The van der Waals surface area contributed by atoms with Gasteiger partial charge in [-0.25, -0.2) is 9.36 Å². The van der Waals surface area contributed by atoms with Crippen LogP contribution in [0.25, 0.3) is 51.7 Å². The summed E-state index contributed by atoms with van der Waals surface area (Å²) in [5.41, 5.74) is -4.58. The summed E-state index contributed by atoms with van der Waals surface area (Å²) < 4.78 is 93.7. The monoisotopic (exact) mass is 676 g/mol. The van der Waals surface area contributed by atoms with Gasteiger partial charge in [0.05, 0.1) is 39.3 Å². The SMILES string of the molecule is CC(C)(c1nn(-c2ccc3sc4ccccc4c3c2)cc1C(F)(F)F)c1nn(-c2ccc3sc4ccccc4c3c2)cc1C(F)(F)F. The quantitative estimate of drug-likeness (QED) is 0.174. The zero-order valence-corrected chi connectivity index (χ0v) is 26.2. The second-order valence-corrected chi connectivity index (χ2v) is 14.0. The topological polar surface area (TPSA) is 35.6 Å². The van der Waals surface area contributed by atoms with Crippen molar-refractivity contribution in [2.24, 2.45) is 0 Å². The lowest BCUT2D eigenvalue weighted by molar-refractivity contribution is -0.139. The number of rotatable bonds is 4. The number of alkyl halides is 6. The normalized spacial score (nSPS) is 13.1. The first-order valence-corrected chi connectivity index (χ1v) is 16.1. The molecule has 0 amide bonds. The lowest BCUT2D eigenvalue weighted by Crippen LogP contribution is -2.27. The number of hydrogen-bond acceptors (Lipinski definition) is 4. The molecule has 0 aliphatic rings. The molecule has 0 N–H and O–H groups in total. The third-order valence-electron chi connectivity index (χ3n) is 8.47. The second-order valence-electron chi connectivity index (χ2n) is 11.8. The van der Waals surface area contributed by atoms with Gasteiger partial charge in [0.1, 0.15) is 0 Å². The number of aromatic nitrogens is 4. The van der Waals surface area contributed by atoms with E-state index in [2.05, 4.69) is 10.2 Å². The molecule has 0 fully saturated rings. The van der Waals surface area contributed by atoms with Crippen molar-refractivity contribution in [2.75, 3.05) is 0 Å². The molecule has 4 aromatic carbocycles. The van der Waals surface area contributed by atoms with Gasteiger partial charge in [-0.3, -0.25) is 0 Å². The van der Waals surface area contributed by atoms with Crippen LogP contribution in [0.15, 0.2) is 97.3 Å². The minimum absolute atomic E-state index is 0.353. The molecule has 8 rings (SSSR count). The highest BCUT2D eigenvalue weighted by atomic mass is 32.1. The van der Waals surface area contributed by atoms with Crippen LogP contribution >= 0.6 is 22.7 Å². The van der Waals surface area contributed by atoms with Crippen LogP contribution in [-0.2, 0) is 17.8 Å². The summed E-state index contributed by atoms with van der Waals surface area (Å²) in [5.74, 6) is 0. The molecule has 0 saturated heterocycles. The molecule has 0 atom stereocenters. The Morgan fingerprint density at radius 3 is 1.30 bits per heavy atom. The standard InChI is InChI=1S/C35H22F6N4S2/c1-33(2,31-25(34(36,37)38)17-44(42-31)19-11-13-29-23(15-19)21-7-3-5-9-27(21)46-29)32-26(35(39,40)41)18-45(43-32)20-12-14-30-24(16-20)22-8-4-6-10-28(22)47-30/h3-18H,1-2H3. The minimum Gasteiger partial charge on any atom is -0.240 e. The van der Waals surface area contributed by atoms with Gasteiger partial charge in [0.2, 0.25) is 0 Å². The maximum atomic E-state index is 14.6. The van der Waals surface area contributed by atoms with E-state index in [1.54, 1.807) is 46.9 Å². The third kappa shape index (κ3) is 4.80. The Morgan fingerprint density at radius 2 is 0.894 bits per heavy atom. The summed E-state index contributed by atoms with van der Waals surface area (Å²) >= 11 is 3.12. The fourth-order valence-electron chi connectivity index (χ4n) is 6.18. The van der Waals surface area contributed by atoms with Crippen molar-refractivity contribution < 1.29 is 26.3 Å². The van der Waals surface area contributed by atoms with E-state index in [9.17, 15) is 26.3 Å². The van der Waals surface area contributed by atoms with E-state index in [4.69, 9.17) is 0 Å². The molecule has 8 aromatic rings. The Balaban J connectivity index is 1.28. The number of benzene rings is 4. The van der Waals surface area contributed by atoms with Crippen LogP contribution in [0.3, 0.4) is 0 Å². The van der Waals surface area contributed by atoms with E-state index in [-0.39, 0.29) is 0 Å². The fourth-order valence-corrected chi connectivity index (χ4v) is 8.35. The van der Waals surface area contributed by atoms with Crippen LogP contribution in [0.5, 0.6) is 0 Å². The highest BCUT2D eigenvalue weighted by molar-refractivity contribution is 7.26. The summed E-state index contributed by atoms with van der Waals surface area (Å²) in [6, 6.07) is 25.8. The van der Waals surface area contributed by atoms with Gasteiger partial charge in [-0.05, 0) is 62.4 Å². The molecule has 4 aromatic heterocycles. The Labute approximate surface area is 271 Å². The average molecular weight is 677 g/mol. The van der Waals surface area contributed by atoms with Crippen LogP contribution in [0.2, 0.25) is 0 Å². The van der Waals surface area contributed by atoms with Gasteiger partial charge >= 0.3 is 12.4 Å². The molecular formula is C35H22F6N4S2. The molecule has 4 nitrogen and oxygen atoms in total. The highest BCUT2D eigenvalue weighted by Gasteiger charge is 2.47. The van der Waals surface area contributed by atoms with E-state index in [0.717, 1.165) is 62.1 Å². The van der Waals surface area contributed by atoms with Crippen LogP contribution in [0.1, 0.15) is 36.4 Å². The van der Waals surface area contributed by atoms with Crippen LogP contribution < -0.4 is 0 Å². The number of halogens is 6. The first-order chi connectivity index (χ1) is 22.3. The fraction of sp³-hybridized carbons (Fsp3) is 0.143. The van der Waals surface area contributed by atoms with E-state index in [1.165, 1.54) is 13.8 Å². The molecule has 0 saturated carbocycles. The second kappa shape index (κ2) is 10.2. The van der Waals surface area contributed by atoms with E-state index >= 15 is 0 Å². The molecule has 12 heteroatoms. The van der Waals surface area contributed by atoms with E-state index in [1.807, 2.05) is 60.7 Å². The zero-order chi connectivity index (χ0) is 32.9. The van der Waals surface area contributed by atoms with Crippen molar-refractivity contribution in [3.05, 3.63) is 120 Å². The Bertz CT molecular complexity index is 2320. The Hall–Kier alpha value is -4.68. The summed E-state index contributed by atoms with van der Waals surface area (Å²) in [5, 5.41) is 12.2. The van der Waals surface area contributed by atoms with Crippen molar-refractivity contribution in [2.45, 2.75) is 31.6 Å². The summed E-state index contributed by atoms with van der Waals surface area (Å²) in [6.07, 6.45) is -8.11. The molecule has 0 aliphatic carbocycles. The summed E-state index contributed by atoms with van der Waals surface area (Å²) in [4.78, 5) is 0. The summed E-state index contributed by atoms with van der Waals surface area (Å²) in [7, 11) is 0. The van der Waals surface area contributed by atoms with Gasteiger partial charge in [-0.2, -0.15) is 36.5 Å². The molecular weight excluding hydrogens is 655 g/mol. The van der Waals surface area contributed by atoms with Crippen molar-refractivity contribution in [1.82, 2.24) is 19.6 Å². The predicted molar refractivity (Wildman–Crippen MR) is 175 cm³/mol. The first kappa shape index (κ1) is 29.7. The van der Waals surface area contributed by atoms with Gasteiger partial charge in [0.15, 0.2) is 0 Å². The molecule has 0 unspecified atom stereocenters. The predicted octanol–water partition coefficient (Wildman–Crippen LogP) is 11.2. The van der Waals surface area contributed by atoms with Gasteiger partial charge in [-0.1, -0.05) is 36.4 Å². The van der Waals surface area contributed by atoms with Crippen molar-refractivity contribution in [3.8, 4) is 11.4 Å². The van der Waals surface area contributed by atoms with Crippen LogP contribution in [0.4, 0.5) is 26.3 Å². The maximum absolute atomic E-state index is 14.6. The van der Waals surface area contributed by atoms with E-state index < -0.39 is 40.3 Å². The first-order valence-electron chi connectivity index (χ1n) is 14.5. The van der Waals surface area contributed by atoms with Gasteiger partial charge in [0, 0.05) is 52.7 Å². The molecule has 0 aliphatic heterocycles. The molecule has 4 heterocycles. The highest BCUT2D eigenvalue weighted by Crippen LogP contribution is 2.45. The maximum Gasteiger partial charge on any atom is 0.419 e. The lowest BCUT2D eigenvalue weighted by atomic mass is 9.81. The van der Waals surface area contributed by atoms with Crippen LogP contribution in [-0.4, -0.2) is 19.6 Å². The molecule has 236 valence electrons. The van der Waals surface area contributed by atoms with E-state index in [0.29, 0.717) is 11.4 Å². The smallest absolute Gasteiger partial charge is 0.240 e. The molecule has 0 radical (unpaired) electrons. The minimum atomic E-state index is -4.89. The zero-order valence-electron chi connectivity index (χ0n) is 24.6. The lowest BCUT2D eigenvalue weighted by Gasteiger charge is -2.24. The number of nitrogens with zero attached hydrogens (tertiary/aromatic N) is 4. The van der Waals surface area contributed by atoms with Gasteiger partial charge in [-0.15, -0.1) is 22.7 Å². The largest absolute Gasteiger partial charge is 0.419 e.